The number of nitrogens with one attached hydrogen (secondary N) is 1. The van der Waals surface area contributed by atoms with Gasteiger partial charge in [0.25, 0.3) is 11.5 Å². The van der Waals surface area contributed by atoms with Crippen molar-refractivity contribution in [1.29, 1.82) is 5.26 Å². The molecule has 0 saturated heterocycles. The molecule has 0 aliphatic heterocycles. The Hall–Kier alpha value is -3.26. The quantitative estimate of drug-likeness (QED) is 0.652. The van der Waals surface area contributed by atoms with Gasteiger partial charge >= 0.3 is 6.18 Å². The fourth-order valence-electron chi connectivity index (χ4n) is 2.77. The lowest BCUT2D eigenvalue weighted by Crippen LogP contribution is -2.28. The van der Waals surface area contributed by atoms with Crippen molar-refractivity contribution in [3.05, 3.63) is 67.8 Å². The number of hydrogen-bond donors (Lipinski definition) is 1. The predicted molar refractivity (Wildman–Crippen MR) is 96.3 cm³/mol. The molecule has 0 aliphatic rings. The number of nitrogens with zero attached hydrogens (tertiary/aromatic N) is 3. The van der Waals surface area contributed by atoms with Crippen molar-refractivity contribution >= 4 is 22.2 Å². The summed E-state index contributed by atoms with van der Waals surface area (Å²) in [6.07, 6.45) is -5.22. The molecule has 0 radical (unpaired) electrons. The van der Waals surface area contributed by atoms with Crippen molar-refractivity contribution in [2.75, 3.05) is 6.54 Å². The molecule has 11 heteroatoms. The number of benzene rings is 1. The van der Waals surface area contributed by atoms with Gasteiger partial charge in [0.2, 0.25) is 0 Å². The van der Waals surface area contributed by atoms with Crippen LogP contribution >= 0.6 is 11.3 Å². The molecular weight excluding hydrogens is 412 g/mol. The summed E-state index contributed by atoms with van der Waals surface area (Å²) < 4.78 is 53.9. The summed E-state index contributed by atoms with van der Waals surface area (Å²) in [7, 11) is 0. The molecule has 2 heterocycles. The summed E-state index contributed by atoms with van der Waals surface area (Å²) in [5, 5.41) is 11.8. The van der Waals surface area contributed by atoms with Gasteiger partial charge in [-0.2, -0.15) is 18.4 Å². The monoisotopic (exact) mass is 424 g/mol. The number of carbonyl (C=O) groups is 1. The standard InChI is InChI=1S/C18H12F4N4O2S/c1-2-24-16(28)15-12(8-23)29-17-25-10(7-13(27)26(15)17)6-9-4-3-5-11(14(9)19)18(20,21)22/h3-5,7H,2,6H2,1H3,(H,24,28). The van der Waals surface area contributed by atoms with E-state index < -0.39 is 29.0 Å². The van der Waals surface area contributed by atoms with Gasteiger partial charge in [-0.15, -0.1) is 0 Å². The number of carbonyl (C=O) groups excluding carboxylic acids is 1. The second-order valence-corrected chi connectivity index (χ2v) is 6.89. The molecule has 1 N–H and O–H groups in total. The van der Waals surface area contributed by atoms with Gasteiger partial charge in [-0.25, -0.2) is 13.8 Å². The third kappa shape index (κ3) is 3.84. The van der Waals surface area contributed by atoms with Crippen molar-refractivity contribution in [1.82, 2.24) is 14.7 Å². The van der Waals surface area contributed by atoms with Gasteiger partial charge in [-0.05, 0) is 18.6 Å². The number of amides is 1. The van der Waals surface area contributed by atoms with E-state index in [2.05, 4.69) is 10.3 Å². The minimum atomic E-state index is -4.85. The second-order valence-electron chi connectivity index (χ2n) is 5.91. The predicted octanol–water partition coefficient (Wildman–Crippen LogP) is 3.13. The smallest absolute Gasteiger partial charge is 0.351 e. The highest BCUT2D eigenvalue weighted by atomic mass is 32.1. The summed E-state index contributed by atoms with van der Waals surface area (Å²) in [6.45, 7) is 1.94. The molecule has 29 heavy (non-hydrogen) atoms. The van der Waals surface area contributed by atoms with Crippen LogP contribution in [0.25, 0.3) is 4.96 Å². The van der Waals surface area contributed by atoms with Crippen LogP contribution in [-0.2, 0) is 12.6 Å². The molecule has 0 spiro atoms. The number of hydrogen-bond acceptors (Lipinski definition) is 5. The van der Waals surface area contributed by atoms with Gasteiger partial charge in [-0.1, -0.05) is 23.5 Å². The third-order valence-corrected chi connectivity index (χ3v) is 4.93. The lowest BCUT2D eigenvalue weighted by atomic mass is 10.0. The van der Waals surface area contributed by atoms with Crippen molar-refractivity contribution in [3.8, 4) is 6.07 Å². The summed E-state index contributed by atoms with van der Waals surface area (Å²) in [5.41, 5.74) is -2.53. The Labute approximate surface area is 165 Å². The Morgan fingerprint density at radius 1 is 1.38 bits per heavy atom. The summed E-state index contributed by atoms with van der Waals surface area (Å²) >= 11 is 0.785. The zero-order valence-corrected chi connectivity index (χ0v) is 15.6. The zero-order valence-electron chi connectivity index (χ0n) is 14.8. The molecule has 3 rings (SSSR count). The lowest BCUT2D eigenvalue weighted by molar-refractivity contribution is -0.140. The SMILES string of the molecule is CCNC(=O)c1c(C#N)sc2nc(Cc3cccc(C(F)(F)F)c3F)cc(=O)n12. The van der Waals surface area contributed by atoms with Crippen LogP contribution in [0.15, 0.2) is 29.1 Å². The molecule has 0 aliphatic carbocycles. The van der Waals surface area contributed by atoms with Gasteiger partial charge in [0, 0.05) is 19.0 Å². The van der Waals surface area contributed by atoms with Crippen LogP contribution in [0.1, 0.15) is 39.1 Å². The Balaban J connectivity index is 2.10. The number of nitriles is 1. The normalized spacial score (nSPS) is 11.4. The molecule has 3 aromatic rings. The number of aromatic nitrogens is 2. The van der Waals surface area contributed by atoms with Gasteiger partial charge < -0.3 is 5.32 Å². The van der Waals surface area contributed by atoms with Crippen LogP contribution in [0, 0.1) is 17.1 Å². The first-order chi connectivity index (χ1) is 13.7. The Morgan fingerprint density at radius 2 is 2.10 bits per heavy atom. The van der Waals surface area contributed by atoms with Crippen molar-refractivity contribution in [2.45, 2.75) is 19.5 Å². The highest BCUT2D eigenvalue weighted by molar-refractivity contribution is 7.17. The number of fused-ring (bicyclic) bond motifs is 1. The van der Waals surface area contributed by atoms with Gasteiger partial charge in [0.05, 0.1) is 11.3 Å². The maximum absolute atomic E-state index is 14.3. The minimum absolute atomic E-state index is 0.0117. The van der Waals surface area contributed by atoms with Crippen LogP contribution in [0.4, 0.5) is 17.6 Å². The number of halogens is 4. The van der Waals surface area contributed by atoms with Crippen molar-refractivity contribution < 1.29 is 22.4 Å². The largest absolute Gasteiger partial charge is 0.419 e. The lowest BCUT2D eigenvalue weighted by Gasteiger charge is -2.11. The molecule has 150 valence electrons. The molecule has 6 nitrogen and oxygen atoms in total. The van der Waals surface area contributed by atoms with Crippen LogP contribution < -0.4 is 10.9 Å². The maximum atomic E-state index is 14.3. The molecule has 0 bridgehead atoms. The van der Waals surface area contributed by atoms with Crippen molar-refractivity contribution in [2.24, 2.45) is 0 Å². The fraction of sp³-hybridized carbons (Fsp3) is 0.222. The van der Waals surface area contributed by atoms with Crippen LogP contribution in [-0.4, -0.2) is 21.8 Å². The first kappa shape index (κ1) is 20.5. The van der Waals surface area contributed by atoms with Gasteiger partial charge in [-0.3, -0.25) is 9.59 Å². The molecule has 2 aromatic heterocycles. The van der Waals surface area contributed by atoms with Gasteiger partial charge in [0.1, 0.15) is 22.5 Å². The zero-order chi connectivity index (χ0) is 21.3. The first-order valence-electron chi connectivity index (χ1n) is 8.25. The molecule has 0 atom stereocenters. The molecule has 0 saturated carbocycles. The summed E-state index contributed by atoms with van der Waals surface area (Å²) in [6, 6.07) is 5.69. The number of alkyl halides is 3. The van der Waals surface area contributed by atoms with Crippen LogP contribution in [0.2, 0.25) is 0 Å². The second kappa shape index (κ2) is 7.63. The molecule has 0 unspecified atom stereocenters. The van der Waals surface area contributed by atoms with E-state index in [-0.39, 0.29) is 39.8 Å². The van der Waals surface area contributed by atoms with E-state index in [0.717, 1.165) is 27.9 Å². The first-order valence-corrected chi connectivity index (χ1v) is 9.07. The van der Waals surface area contributed by atoms with E-state index in [9.17, 15) is 32.4 Å². The summed E-state index contributed by atoms with van der Waals surface area (Å²) in [5.74, 6) is -2.07. The molecule has 1 aromatic carbocycles. The highest BCUT2D eigenvalue weighted by Crippen LogP contribution is 2.33. The van der Waals surface area contributed by atoms with Crippen LogP contribution in [0.3, 0.4) is 0 Å². The van der Waals surface area contributed by atoms with Crippen LogP contribution in [0.5, 0.6) is 0 Å². The Kier molecular flexibility index (Phi) is 5.39. The maximum Gasteiger partial charge on any atom is 0.419 e. The average molecular weight is 424 g/mol. The Morgan fingerprint density at radius 3 is 2.72 bits per heavy atom. The third-order valence-electron chi connectivity index (χ3n) is 3.98. The van der Waals surface area contributed by atoms with E-state index >= 15 is 0 Å². The average Bonchev–Trinajstić information content (AvgIpc) is 3.02. The van der Waals surface area contributed by atoms with E-state index in [1.165, 1.54) is 6.07 Å². The highest BCUT2D eigenvalue weighted by Gasteiger charge is 2.34. The Bertz CT molecular complexity index is 1210. The molecule has 0 fully saturated rings. The van der Waals surface area contributed by atoms with Gasteiger partial charge in [0.15, 0.2) is 4.96 Å². The van der Waals surface area contributed by atoms with E-state index in [1.54, 1.807) is 6.92 Å². The molecular formula is C18H12F4N4O2S. The van der Waals surface area contributed by atoms with Crippen molar-refractivity contribution in [3.63, 3.8) is 0 Å². The minimum Gasteiger partial charge on any atom is -0.351 e. The topological polar surface area (TPSA) is 87.3 Å². The van der Waals surface area contributed by atoms with E-state index in [1.807, 2.05) is 6.07 Å². The number of thiazole rings is 1. The summed E-state index contributed by atoms with van der Waals surface area (Å²) in [4.78, 5) is 28.8. The number of rotatable bonds is 4. The fourth-order valence-corrected chi connectivity index (χ4v) is 3.71. The van der Waals surface area contributed by atoms with E-state index in [4.69, 9.17) is 0 Å². The molecule has 1 amide bonds. The van der Waals surface area contributed by atoms with E-state index in [0.29, 0.717) is 6.07 Å².